The number of nitriles is 1. The Hall–Kier alpha value is -1.86. The van der Waals surface area contributed by atoms with Gasteiger partial charge in [0.05, 0.1) is 25.2 Å². The Balaban J connectivity index is 1.86. The lowest BCUT2D eigenvalue weighted by Gasteiger charge is -2.24. The number of benzene rings is 1. The van der Waals surface area contributed by atoms with E-state index in [1.54, 1.807) is 0 Å². The maximum Gasteiger partial charge on any atom is 0.313 e. The van der Waals surface area contributed by atoms with E-state index in [2.05, 4.69) is 6.07 Å². The minimum absolute atomic E-state index is 0.114. The summed E-state index contributed by atoms with van der Waals surface area (Å²) in [5, 5.41) is 9.58. The standard InChI is InChI=1S/C20H25NO3/c1-2-24-19(22)18(15-5-3-4-6-15)16-7-9-17(10-8-16)20(13-21)11-12-23-14-20/h7-10,15,18H,2-6,11-12,14H2,1H3. The van der Waals surface area contributed by atoms with Crippen LogP contribution in [0.25, 0.3) is 0 Å². The van der Waals surface area contributed by atoms with E-state index in [1.807, 2.05) is 31.2 Å². The number of hydrogen-bond acceptors (Lipinski definition) is 4. The minimum atomic E-state index is -0.536. The Bertz CT molecular complexity index is 605. The van der Waals surface area contributed by atoms with Crippen LogP contribution in [0.4, 0.5) is 0 Å². The van der Waals surface area contributed by atoms with Crippen molar-refractivity contribution in [2.45, 2.75) is 50.4 Å². The van der Waals surface area contributed by atoms with Gasteiger partial charge in [-0.05, 0) is 43.2 Å². The predicted octanol–water partition coefficient (Wildman–Crippen LogP) is 3.71. The van der Waals surface area contributed by atoms with Gasteiger partial charge in [-0.1, -0.05) is 37.1 Å². The molecule has 2 unspecified atom stereocenters. The van der Waals surface area contributed by atoms with E-state index in [0.29, 0.717) is 25.7 Å². The summed E-state index contributed by atoms with van der Waals surface area (Å²) in [7, 11) is 0. The van der Waals surface area contributed by atoms with Crippen molar-refractivity contribution in [3.63, 3.8) is 0 Å². The molecule has 0 spiro atoms. The van der Waals surface area contributed by atoms with Crippen molar-refractivity contribution in [2.24, 2.45) is 5.92 Å². The summed E-state index contributed by atoms with van der Waals surface area (Å²) in [6, 6.07) is 10.4. The van der Waals surface area contributed by atoms with Gasteiger partial charge in [0.15, 0.2) is 0 Å². The molecule has 0 aromatic heterocycles. The lowest BCUT2D eigenvalue weighted by molar-refractivity contribution is -0.146. The summed E-state index contributed by atoms with van der Waals surface area (Å²) in [6.07, 6.45) is 5.27. The third kappa shape index (κ3) is 3.18. The van der Waals surface area contributed by atoms with Crippen LogP contribution in [-0.4, -0.2) is 25.8 Å². The normalized spacial score (nSPS) is 25.3. The van der Waals surface area contributed by atoms with Crippen LogP contribution in [-0.2, 0) is 19.7 Å². The first-order valence-corrected chi connectivity index (χ1v) is 8.96. The van der Waals surface area contributed by atoms with Crippen LogP contribution in [0.15, 0.2) is 24.3 Å². The van der Waals surface area contributed by atoms with Gasteiger partial charge in [0.2, 0.25) is 0 Å². The van der Waals surface area contributed by atoms with Crippen molar-refractivity contribution in [1.29, 1.82) is 5.26 Å². The molecule has 1 aliphatic heterocycles. The Morgan fingerprint density at radius 2 is 2.08 bits per heavy atom. The Labute approximate surface area is 143 Å². The van der Waals surface area contributed by atoms with E-state index in [0.717, 1.165) is 30.4 Å². The average Bonchev–Trinajstić information content (AvgIpc) is 3.28. The molecule has 2 fully saturated rings. The van der Waals surface area contributed by atoms with Gasteiger partial charge in [0, 0.05) is 6.61 Å². The van der Waals surface area contributed by atoms with Crippen LogP contribution < -0.4 is 0 Å². The summed E-state index contributed by atoms with van der Waals surface area (Å²) < 4.78 is 10.8. The molecule has 3 rings (SSSR count). The molecule has 1 aromatic rings. The van der Waals surface area contributed by atoms with Crippen LogP contribution >= 0.6 is 0 Å². The number of ether oxygens (including phenoxy) is 2. The maximum absolute atomic E-state index is 12.5. The maximum atomic E-state index is 12.5. The highest BCUT2D eigenvalue weighted by atomic mass is 16.5. The highest BCUT2D eigenvalue weighted by molar-refractivity contribution is 5.78. The third-order valence-electron chi connectivity index (χ3n) is 5.47. The molecule has 0 amide bonds. The van der Waals surface area contributed by atoms with Gasteiger partial charge in [0.25, 0.3) is 0 Å². The zero-order chi connectivity index (χ0) is 17.0. The molecular formula is C20H25NO3. The van der Waals surface area contributed by atoms with Crippen LogP contribution in [0.5, 0.6) is 0 Å². The lowest BCUT2D eigenvalue weighted by Crippen LogP contribution is -2.25. The number of rotatable bonds is 5. The largest absolute Gasteiger partial charge is 0.466 e. The smallest absolute Gasteiger partial charge is 0.313 e. The highest BCUT2D eigenvalue weighted by Gasteiger charge is 2.38. The van der Waals surface area contributed by atoms with Gasteiger partial charge in [-0.25, -0.2) is 0 Å². The van der Waals surface area contributed by atoms with E-state index >= 15 is 0 Å². The fourth-order valence-corrected chi connectivity index (χ4v) is 4.08. The van der Waals surface area contributed by atoms with Gasteiger partial charge in [-0.15, -0.1) is 0 Å². The van der Waals surface area contributed by atoms with Crippen LogP contribution in [0.2, 0.25) is 0 Å². The molecule has 2 atom stereocenters. The molecule has 2 aliphatic rings. The molecular weight excluding hydrogens is 302 g/mol. The fourth-order valence-electron chi connectivity index (χ4n) is 4.08. The first kappa shape index (κ1) is 17.0. The van der Waals surface area contributed by atoms with E-state index in [-0.39, 0.29) is 11.9 Å². The highest BCUT2D eigenvalue weighted by Crippen LogP contribution is 2.39. The first-order valence-electron chi connectivity index (χ1n) is 8.96. The molecule has 4 nitrogen and oxygen atoms in total. The SMILES string of the molecule is CCOC(=O)C(c1ccc(C2(C#N)CCOC2)cc1)C1CCCC1. The lowest BCUT2D eigenvalue weighted by atomic mass is 9.79. The molecule has 1 saturated carbocycles. The monoisotopic (exact) mass is 327 g/mol. The van der Waals surface area contributed by atoms with Gasteiger partial charge in [0.1, 0.15) is 5.41 Å². The van der Waals surface area contributed by atoms with Crippen molar-refractivity contribution in [3.05, 3.63) is 35.4 Å². The quantitative estimate of drug-likeness (QED) is 0.774. The number of esters is 1. The summed E-state index contributed by atoms with van der Waals surface area (Å²) >= 11 is 0. The summed E-state index contributed by atoms with van der Waals surface area (Å²) in [5.41, 5.74) is 1.46. The Kier molecular flexibility index (Phi) is 5.20. The number of carbonyl (C=O) groups is 1. The molecule has 1 aromatic carbocycles. The van der Waals surface area contributed by atoms with E-state index < -0.39 is 5.41 Å². The van der Waals surface area contributed by atoms with Crippen LogP contribution in [0.1, 0.15) is 56.1 Å². The van der Waals surface area contributed by atoms with Crippen molar-refractivity contribution in [3.8, 4) is 6.07 Å². The Morgan fingerprint density at radius 1 is 1.38 bits per heavy atom. The topological polar surface area (TPSA) is 59.3 Å². The van der Waals surface area contributed by atoms with E-state index in [4.69, 9.17) is 9.47 Å². The second-order valence-corrected chi connectivity index (χ2v) is 6.89. The fraction of sp³-hybridized carbons (Fsp3) is 0.600. The van der Waals surface area contributed by atoms with Gasteiger partial charge < -0.3 is 9.47 Å². The van der Waals surface area contributed by atoms with Crippen molar-refractivity contribution >= 4 is 5.97 Å². The average molecular weight is 327 g/mol. The minimum Gasteiger partial charge on any atom is -0.466 e. The van der Waals surface area contributed by atoms with Crippen molar-refractivity contribution in [2.75, 3.05) is 19.8 Å². The molecule has 1 saturated heterocycles. The molecule has 0 N–H and O–H groups in total. The summed E-state index contributed by atoms with van der Waals surface area (Å²) in [6.45, 7) is 3.34. The molecule has 1 aliphatic carbocycles. The third-order valence-corrected chi connectivity index (χ3v) is 5.47. The number of nitrogens with zero attached hydrogens (tertiary/aromatic N) is 1. The molecule has 1 heterocycles. The molecule has 0 radical (unpaired) electrons. The second kappa shape index (κ2) is 7.36. The van der Waals surface area contributed by atoms with Crippen molar-refractivity contribution in [1.82, 2.24) is 0 Å². The second-order valence-electron chi connectivity index (χ2n) is 6.89. The first-order chi connectivity index (χ1) is 11.7. The zero-order valence-corrected chi connectivity index (χ0v) is 14.3. The zero-order valence-electron chi connectivity index (χ0n) is 14.3. The Morgan fingerprint density at radius 3 is 2.62 bits per heavy atom. The molecule has 4 heteroatoms. The van der Waals surface area contributed by atoms with Gasteiger partial charge in [-0.2, -0.15) is 5.26 Å². The molecule has 0 bridgehead atoms. The van der Waals surface area contributed by atoms with Gasteiger partial charge >= 0.3 is 5.97 Å². The number of hydrogen-bond donors (Lipinski definition) is 0. The van der Waals surface area contributed by atoms with Crippen LogP contribution in [0, 0.1) is 17.2 Å². The van der Waals surface area contributed by atoms with E-state index in [1.165, 1.54) is 12.8 Å². The number of carbonyl (C=O) groups excluding carboxylic acids is 1. The van der Waals surface area contributed by atoms with Crippen LogP contribution in [0.3, 0.4) is 0 Å². The van der Waals surface area contributed by atoms with Crippen molar-refractivity contribution < 1.29 is 14.3 Å². The predicted molar refractivity (Wildman–Crippen MR) is 90.5 cm³/mol. The summed E-state index contributed by atoms with van der Waals surface area (Å²) in [4.78, 5) is 12.5. The van der Waals surface area contributed by atoms with Gasteiger partial charge in [-0.3, -0.25) is 4.79 Å². The van der Waals surface area contributed by atoms with E-state index in [9.17, 15) is 10.1 Å². The molecule has 128 valence electrons. The summed E-state index contributed by atoms with van der Waals surface area (Å²) in [5.74, 6) is 0.0744. The molecule has 24 heavy (non-hydrogen) atoms.